The largest absolute Gasteiger partial charge is 0.483 e. The molecule has 0 saturated carbocycles. The number of nitrogens with one attached hydrogen (secondary N) is 1. The number of amides is 2. The van der Waals surface area contributed by atoms with Crippen LogP contribution in [0.5, 0.6) is 5.75 Å². The van der Waals surface area contributed by atoms with Gasteiger partial charge >= 0.3 is 0 Å². The van der Waals surface area contributed by atoms with Crippen molar-refractivity contribution in [3.8, 4) is 5.75 Å². The molecule has 5 nitrogen and oxygen atoms in total. The average Bonchev–Trinajstić information content (AvgIpc) is 2.67. The predicted molar refractivity (Wildman–Crippen MR) is 112 cm³/mol. The maximum absolute atomic E-state index is 13.0. The lowest BCUT2D eigenvalue weighted by molar-refractivity contribution is -0.142. The Bertz CT molecular complexity index is 838. The first-order valence-corrected chi connectivity index (χ1v) is 9.72. The predicted octanol–water partition coefficient (Wildman–Crippen LogP) is 3.89. The van der Waals surface area contributed by atoms with Crippen LogP contribution >= 0.6 is 11.6 Å². The molecule has 0 heterocycles. The number of carbonyl (C=O) groups is 2. The quantitative estimate of drug-likeness (QED) is 0.728. The minimum atomic E-state index is -0.647. The summed E-state index contributed by atoms with van der Waals surface area (Å²) in [5.41, 5.74) is 2.78. The molecule has 1 atom stereocenters. The molecular formula is C22H27ClN2O3. The van der Waals surface area contributed by atoms with E-state index in [1.165, 1.54) is 4.90 Å². The van der Waals surface area contributed by atoms with Gasteiger partial charge in [0.25, 0.3) is 5.91 Å². The molecule has 0 aromatic heterocycles. The summed E-state index contributed by atoms with van der Waals surface area (Å²) in [5.74, 6) is 0.172. The van der Waals surface area contributed by atoms with Gasteiger partial charge in [-0.05, 0) is 56.5 Å². The Morgan fingerprint density at radius 2 is 1.89 bits per heavy atom. The highest BCUT2D eigenvalue weighted by molar-refractivity contribution is 6.31. The smallest absolute Gasteiger partial charge is 0.261 e. The second kappa shape index (κ2) is 10.1. The van der Waals surface area contributed by atoms with Gasteiger partial charge in [0.05, 0.1) is 0 Å². The molecule has 2 aromatic rings. The summed E-state index contributed by atoms with van der Waals surface area (Å²) in [4.78, 5) is 26.8. The number of nitrogens with zero attached hydrogens (tertiary/aromatic N) is 1. The van der Waals surface area contributed by atoms with E-state index in [0.717, 1.165) is 16.7 Å². The normalized spacial score (nSPS) is 11.6. The average molecular weight is 403 g/mol. The van der Waals surface area contributed by atoms with Gasteiger partial charge in [-0.15, -0.1) is 0 Å². The first-order valence-electron chi connectivity index (χ1n) is 9.34. The van der Waals surface area contributed by atoms with Crippen LogP contribution in [0.1, 0.15) is 30.5 Å². The molecule has 1 N–H and O–H groups in total. The fraction of sp³-hybridized carbons (Fsp3) is 0.364. The number of benzene rings is 2. The molecule has 150 valence electrons. The van der Waals surface area contributed by atoms with E-state index in [0.29, 0.717) is 17.3 Å². The third kappa shape index (κ3) is 5.73. The highest BCUT2D eigenvalue weighted by Gasteiger charge is 2.26. The topological polar surface area (TPSA) is 58.6 Å². The molecule has 0 aliphatic heterocycles. The summed E-state index contributed by atoms with van der Waals surface area (Å²) in [6.45, 7) is 8.01. The van der Waals surface area contributed by atoms with E-state index in [2.05, 4.69) is 5.32 Å². The van der Waals surface area contributed by atoms with Gasteiger partial charge in [0, 0.05) is 18.1 Å². The monoisotopic (exact) mass is 402 g/mol. The first kappa shape index (κ1) is 21.8. The van der Waals surface area contributed by atoms with Crippen molar-refractivity contribution in [3.05, 3.63) is 64.2 Å². The summed E-state index contributed by atoms with van der Waals surface area (Å²) in [6, 6.07) is 12.5. The Morgan fingerprint density at radius 3 is 2.57 bits per heavy atom. The summed E-state index contributed by atoms with van der Waals surface area (Å²) in [7, 11) is 0. The van der Waals surface area contributed by atoms with Crippen LogP contribution in [0.15, 0.2) is 42.5 Å². The molecule has 0 bridgehead atoms. The van der Waals surface area contributed by atoms with Gasteiger partial charge in [-0.25, -0.2) is 0 Å². The molecule has 0 saturated heterocycles. The Kier molecular flexibility index (Phi) is 7.88. The Morgan fingerprint density at radius 1 is 1.18 bits per heavy atom. The second-order valence-electron chi connectivity index (χ2n) is 6.74. The highest BCUT2D eigenvalue weighted by Crippen LogP contribution is 2.21. The molecule has 2 amide bonds. The van der Waals surface area contributed by atoms with E-state index in [1.807, 2.05) is 57.2 Å². The van der Waals surface area contributed by atoms with Crippen molar-refractivity contribution in [1.82, 2.24) is 10.2 Å². The third-order valence-electron chi connectivity index (χ3n) is 4.51. The van der Waals surface area contributed by atoms with E-state index >= 15 is 0 Å². The molecule has 2 rings (SSSR count). The molecule has 6 heteroatoms. The zero-order valence-electron chi connectivity index (χ0n) is 16.8. The number of hydrogen-bond acceptors (Lipinski definition) is 3. The van der Waals surface area contributed by atoms with E-state index in [9.17, 15) is 9.59 Å². The molecule has 2 aromatic carbocycles. The van der Waals surface area contributed by atoms with Crippen LogP contribution in [0.2, 0.25) is 5.02 Å². The maximum Gasteiger partial charge on any atom is 0.261 e. The van der Waals surface area contributed by atoms with Gasteiger partial charge in [-0.1, -0.05) is 41.9 Å². The fourth-order valence-electron chi connectivity index (χ4n) is 2.80. The minimum absolute atomic E-state index is 0.154. The van der Waals surface area contributed by atoms with Crippen molar-refractivity contribution >= 4 is 23.4 Å². The summed E-state index contributed by atoms with van der Waals surface area (Å²) < 4.78 is 5.76. The van der Waals surface area contributed by atoms with Gasteiger partial charge in [0.1, 0.15) is 11.8 Å². The molecule has 0 aliphatic carbocycles. The minimum Gasteiger partial charge on any atom is -0.483 e. The van der Waals surface area contributed by atoms with Gasteiger partial charge < -0.3 is 15.0 Å². The number of hydrogen-bond donors (Lipinski definition) is 1. The van der Waals surface area contributed by atoms with Gasteiger partial charge in [0.2, 0.25) is 5.91 Å². The van der Waals surface area contributed by atoms with Crippen molar-refractivity contribution in [2.75, 3.05) is 13.2 Å². The van der Waals surface area contributed by atoms with E-state index in [1.54, 1.807) is 13.0 Å². The number of rotatable bonds is 8. The standard InChI is InChI=1S/C22H27ClN2O3/c1-5-24-22(27)17(4)25(13-18-8-6-7-9-19(18)23)21(26)14-28-20-12-15(2)10-11-16(20)3/h6-12,17H,5,13-14H2,1-4H3,(H,24,27)/t17-/m1/s1. The van der Waals surface area contributed by atoms with Crippen molar-refractivity contribution in [2.45, 2.75) is 40.3 Å². The molecule has 0 unspecified atom stereocenters. The number of likely N-dealkylation sites (N-methyl/N-ethyl adjacent to an activating group) is 1. The van der Waals surface area contributed by atoms with E-state index < -0.39 is 6.04 Å². The maximum atomic E-state index is 13.0. The molecule has 28 heavy (non-hydrogen) atoms. The van der Waals surface area contributed by atoms with Gasteiger partial charge in [-0.3, -0.25) is 9.59 Å². The van der Waals surface area contributed by atoms with Crippen LogP contribution in [0.4, 0.5) is 0 Å². The van der Waals surface area contributed by atoms with Crippen LogP contribution in [0.25, 0.3) is 0 Å². The van der Waals surface area contributed by atoms with Crippen LogP contribution in [0, 0.1) is 13.8 Å². The lowest BCUT2D eigenvalue weighted by atomic mass is 10.1. The summed E-state index contributed by atoms with van der Waals surface area (Å²) >= 11 is 6.26. The van der Waals surface area contributed by atoms with Crippen LogP contribution < -0.4 is 10.1 Å². The zero-order valence-corrected chi connectivity index (χ0v) is 17.5. The van der Waals surface area contributed by atoms with Crippen LogP contribution in [-0.2, 0) is 16.1 Å². The number of carbonyl (C=O) groups excluding carboxylic acids is 2. The molecule has 0 spiro atoms. The Balaban J connectivity index is 2.19. The van der Waals surface area contributed by atoms with Crippen molar-refractivity contribution in [1.29, 1.82) is 0 Å². The number of ether oxygens (including phenoxy) is 1. The number of aryl methyl sites for hydroxylation is 2. The zero-order chi connectivity index (χ0) is 20.7. The Labute approximate surface area is 171 Å². The third-order valence-corrected chi connectivity index (χ3v) is 4.88. The summed E-state index contributed by atoms with van der Waals surface area (Å²) in [6.07, 6.45) is 0. The van der Waals surface area contributed by atoms with Gasteiger partial charge in [-0.2, -0.15) is 0 Å². The lowest BCUT2D eigenvalue weighted by Crippen LogP contribution is -2.49. The molecular weight excluding hydrogens is 376 g/mol. The fourth-order valence-corrected chi connectivity index (χ4v) is 3.00. The lowest BCUT2D eigenvalue weighted by Gasteiger charge is -2.29. The molecule has 0 radical (unpaired) electrons. The Hall–Kier alpha value is -2.53. The van der Waals surface area contributed by atoms with Crippen LogP contribution in [0.3, 0.4) is 0 Å². The van der Waals surface area contributed by atoms with Crippen molar-refractivity contribution in [3.63, 3.8) is 0 Å². The van der Waals surface area contributed by atoms with E-state index in [-0.39, 0.29) is 25.0 Å². The molecule has 0 aliphatic rings. The van der Waals surface area contributed by atoms with Crippen molar-refractivity contribution in [2.24, 2.45) is 0 Å². The highest BCUT2D eigenvalue weighted by atomic mass is 35.5. The SMILES string of the molecule is CCNC(=O)[C@@H](C)N(Cc1ccccc1Cl)C(=O)COc1cc(C)ccc1C. The van der Waals surface area contributed by atoms with Crippen molar-refractivity contribution < 1.29 is 14.3 Å². The number of halogens is 1. The second-order valence-corrected chi connectivity index (χ2v) is 7.15. The van der Waals surface area contributed by atoms with E-state index in [4.69, 9.17) is 16.3 Å². The van der Waals surface area contributed by atoms with Gasteiger partial charge in [0.15, 0.2) is 6.61 Å². The van der Waals surface area contributed by atoms with Crippen LogP contribution in [-0.4, -0.2) is 35.9 Å². The molecule has 0 fully saturated rings. The summed E-state index contributed by atoms with van der Waals surface area (Å²) in [5, 5.41) is 3.32. The first-order chi connectivity index (χ1) is 13.3.